The summed E-state index contributed by atoms with van der Waals surface area (Å²) in [6.07, 6.45) is 4.77. The molecule has 2 amide bonds. The fraction of sp³-hybridized carbons (Fsp3) is 0.320. The van der Waals surface area contributed by atoms with Gasteiger partial charge in [0.05, 0.1) is 12.5 Å². The SMILES string of the molecule is CC=CC(=O)N(CCCCC(=O)NCCC(=O)O)C(c1ccccc1)c1ccccc1. The number of benzene rings is 2. The highest BCUT2D eigenvalue weighted by molar-refractivity contribution is 5.88. The Morgan fingerprint density at radius 2 is 1.52 bits per heavy atom. The number of allylic oxidation sites excluding steroid dienone is 1. The number of hydrogen-bond donors (Lipinski definition) is 2. The Labute approximate surface area is 183 Å². The normalized spacial score (nSPS) is 10.9. The average Bonchev–Trinajstić information content (AvgIpc) is 2.77. The van der Waals surface area contributed by atoms with E-state index < -0.39 is 5.97 Å². The van der Waals surface area contributed by atoms with Gasteiger partial charge in [0.25, 0.3) is 0 Å². The van der Waals surface area contributed by atoms with Crippen molar-refractivity contribution >= 4 is 17.8 Å². The quantitative estimate of drug-likeness (QED) is 0.401. The molecule has 0 saturated carbocycles. The van der Waals surface area contributed by atoms with E-state index in [1.165, 1.54) is 0 Å². The monoisotopic (exact) mass is 422 g/mol. The molecule has 2 rings (SSSR count). The number of unbranched alkanes of at least 4 members (excludes halogenated alkanes) is 1. The molecule has 0 spiro atoms. The zero-order chi connectivity index (χ0) is 22.5. The molecule has 0 bridgehead atoms. The van der Waals surface area contributed by atoms with Crippen LogP contribution in [0, 0.1) is 0 Å². The summed E-state index contributed by atoms with van der Waals surface area (Å²) in [5, 5.41) is 11.3. The topological polar surface area (TPSA) is 86.7 Å². The van der Waals surface area contributed by atoms with Crippen molar-refractivity contribution in [1.29, 1.82) is 0 Å². The highest BCUT2D eigenvalue weighted by Gasteiger charge is 2.25. The molecule has 0 saturated heterocycles. The largest absolute Gasteiger partial charge is 0.481 e. The van der Waals surface area contributed by atoms with E-state index in [9.17, 15) is 14.4 Å². The van der Waals surface area contributed by atoms with Crippen molar-refractivity contribution in [2.24, 2.45) is 0 Å². The number of carbonyl (C=O) groups is 3. The van der Waals surface area contributed by atoms with Gasteiger partial charge in [0, 0.05) is 19.5 Å². The second kappa shape index (κ2) is 13.0. The first-order valence-corrected chi connectivity index (χ1v) is 10.5. The average molecular weight is 423 g/mol. The molecule has 0 unspecified atom stereocenters. The molecular formula is C25H30N2O4. The first-order valence-electron chi connectivity index (χ1n) is 10.5. The summed E-state index contributed by atoms with van der Waals surface area (Å²) in [7, 11) is 0. The first kappa shape index (κ1) is 23.9. The van der Waals surface area contributed by atoms with Gasteiger partial charge in [0.1, 0.15) is 0 Å². The molecule has 0 aliphatic heterocycles. The Bertz CT molecular complexity index is 826. The van der Waals surface area contributed by atoms with Crippen molar-refractivity contribution in [2.75, 3.05) is 13.1 Å². The molecule has 2 aromatic rings. The van der Waals surface area contributed by atoms with Crippen LogP contribution in [0.3, 0.4) is 0 Å². The van der Waals surface area contributed by atoms with Crippen LogP contribution in [0.5, 0.6) is 0 Å². The predicted octanol–water partition coefficient (Wildman–Crippen LogP) is 3.94. The second-order valence-corrected chi connectivity index (χ2v) is 7.21. The summed E-state index contributed by atoms with van der Waals surface area (Å²) in [6, 6.07) is 19.6. The van der Waals surface area contributed by atoms with Gasteiger partial charge in [-0.1, -0.05) is 66.7 Å². The lowest BCUT2D eigenvalue weighted by Crippen LogP contribution is -2.35. The zero-order valence-electron chi connectivity index (χ0n) is 17.9. The molecule has 6 heteroatoms. The minimum Gasteiger partial charge on any atom is -0.481 e. The van der Waals surface area contributed by atoms with Crippen molar-refractivity contribution in [1.82, 2.24) is 10.2 Å². The molecule has 0 radical (unpaired) electrons. The van der Waals surface area contributed by atoms with Crippen molar-refractivity contribution in [3.63, 3.8) is 0 Å². The van der Waals surface area contributed by atoms with Gasteiger partial charge in [-0.25, -0.2) is 0 Å². The third-order valence-electron chi connectivity index (χ3n) is 4.85. The minimum atomic E-state index is -0.939. The maximum Gasteiger partial charge on any atom is 0.305 e. The number of carbonyl (C=O) groups excluding carboxylic acids is 2. The number of hydrogen-bond acceptors (Lipinski definition) is 3. The zero-order valence-corrected chi connectivity index (χ0v) is 17.9. The van der Waals surface area contributed by atoms with Gasteiger partial charge in [-0.15, -0.1) is 0 Å². The molecule has 0 aliphatic rings. The fourth-order valence-electron chi connectivity index (χ4n) is 3.39. The summed E-state index contributed by atoms with van der Waals surface area (Å²) in [5.41, 5.74) is 2.05. The van der Waals surface area contributed by atoms with Gasteiger partial charge in [0.15, 0.2) is 0 Å². The number of nitrogens with zero attached hydrogens (tertiary/aromatic N) is 1. The van der Waals surface area contributed by atoms with Crippen LogP contribution >= 0.6 is 0 Å². The van der Waals surface area contributed by atoms with Crippen molar-refractivity contribution in [3.8, 4) is 0 Å². The number of nitrogens with one attached hydrogen (secondary N) is 1. The molecule has 2 N–H and O–H groups in total. The summed E-state index contributed by atoms with van der Waals surface area (Å²) in [4.78, 5) is 37.2. The van der Waals surface area contributed by atoms with E-state index in [-0.39, 0.29) is 30.8 Å². The molecule has 0 atom stereocenters. The second-order valence-electron chi connectivity index (χ2n) is 7.21. The van der Waals surface area contributed by atoms with Crippen LogP contribution in [0.1, 0.15) is 49.8 Å². The molecule has 31 heavy (non-hydrogen) atoms. The van der Waals surface area contributed by atoms with Gasteiger partial charge >= 0.3 is 5.97 Å². The lowest BCUT2D eigenvalue weighted by atomic mass is 9.96. The highest BCUT2D eigenvalue weighted by atomic mass is 16.4. The molecule has 0 aliphatic carbocycles. The van der Waals surface area contributed by atoms with Gasteiger partial charge < -0.3 is 15.3 Å². The van der Waals surface area contributed by atoms with Crippen molar-refractivity contribution in [2.45, 2.75) is 38.6 Å². The van der Waals surface area contributed by atoms with Crippen LogP contribution in [0.15, 0.2) is 72.8 Å². The van der Waals surface area contributed by atoms with Crippen LogP contribution in [-0.2, 0) is 14.4 Å². The first-order chi connectivity index (χ1) is 15.0. The Kier molecular flexibility index (Phi) is 10.0. The summed E-state index contributed by atoms with van der Waals surface area (Å²) >= 11 is 0. The Morgan fingerprint density at radius 3 is 2.03 bits per heavy atom. The van der Waals surface area contributed by atoms with Gasteiger partial charge in [-0.3, -0.25) is 14.4 Å². The molecule has 0 fully saturated rings. The number of carboxylic acids is 1. The van der Waals surface area contributed by atoms with Crippen LogP contribution in [0.25, 0.3) is 0 Å². The standard InChI is InChI=1S/C25H30N2O4/c1-2-11-23(29)27(19-10-9-16-22(28)26-18-17-24(30)31)25(20-12-5-3-6-13-20)21-14-7-4-8-15-21/h2-8,11-15,25H,9-10,16-19H2,1H3,(H,26,28)(H,30,31). The predicted molar refractivity (Wildman–Crippen MR) is 120 cm³/mol. The molecule has 6 nitrogen and oxygen atoms in total. The van der Waals surface area contributed by atoms with E-state index in [1.54, 1.807) is 12.2 Å². The summed E-state index contributed by atoms with van der Waals surface area (Å²) in [6.45, 7) is 2.45. The van der Waals surface area contributed by atoms with Crippen LogP contribution < -0.4 is 5.32 Å². The van der Waals surface area contributed by atoms with E-state index in [0.29, 0.717) is 25.8 Å². The van der Waals surface area contributed by atoms with Gasteiger partial charge in [0.2, 0.25) is 11.8 Å². The molecule has 2 aromatic carbocycles. The molecule has 0 aromatic heterocycles. The molecule has 0 heterocycles. The number of rotatable bonds is 12. The summed E-state index contributed by atoms with van der Waals surface area (Å²) in [5.74, 6) is -1.19. The maximum atomic E-state index is 13.0. The third-order valence-corrected chi connectivity index (χ3v) is 4.85. The van der Waals surface area contributed by atoms with Gasteiger partial charge in [-0.2, -0.15) is 0 Å². The van der Waals surface area contributed by atoms with E-state index in [1.807, 2.05) is 72.5 Å². The van der Waals surface area contributed by atoms with Gasteiger partial charge in [-0.05, 0) is 37.0 Å². The summed E-state index contributed by atoms with van der Waals surface area (Å²) < 4.78 is 0. The fourth-order valence-corrected chi connectivity index (χ4v) is 3.39. The Balaban J connectivity index is 2.10. The van der Waals surface area contributed by atoms with Crippen LogP contribution in [-0.4, -0.2) is 40.9 Å². The van der Waals surface area contributed by atoms with E-state index in [2.05, 4.69) is 5.32 Å². The van der Waals surface area contributed by atoms with E-state index >= 15 is 0 Å². The number of amides is 2. The molecule has 164 valence electrons. The van der Waals surface area contributed by atoms with E-state index in [0.717, 1.165) is 11.1 Å². The van der Waals surface area contributed by atoms with Crippen molar-refractivity contribution in [3.05, 3.63) is 83.9 Å². The lowest BCUT2D eigenvalue weighted by molar-refractivity contribution is -0.137. The van der Waals surface area contributed by atoms with Crippen molar-refractivity contribution < 1.29 is 19.5 Å². The Morgan fingerprint density at radius 1 is 0.935 bits per heavy atom. The number of aliphatic carboxylic acids is 1. The number of carboxylic acid groups (broad SMARTS) is 1. The molecular weight excluding hydrogens is 392 g/mol. The third kappa shape index (κ3) is 8.09. The van der Waals surface area contributed by atoms with E-state index in [4.69, 9.17) is 5.11 Å². The minimum absolute atomic E-state index is 0.0777. The van der Waals surface area contributed by atoms with Crippen LogP contribution in [0.4, 0.5) is 0 Å². The smallest absolute Gasteiger partial charge is 0.305 e. The lowest BCUT2D eigenvalue weighted by Gasteiger charge is -2.32. The van der Waals surface area contributed by atoms with Crippen LogP contribution in [0.2, 0.25) is 0 Å². The maximum absolute atomic E-state index is 13.0. The highest BCUT2D eigenvalue weighted by Crippen LogP contribution is 2.29. The Hall–Kier alpha value is -3.41.